The Bertz CT molecular complexity index is 598. The van der Waals surface area contributed by atoms with Gasteiger partial charge in [0, 0.05) is 25.1 Å². The summed E-state index contributed by atoms with van der Waals surface area (Å²) < 4.78 is 0. The largest absolute Gasteiger partial charge is 0.363 e. The molecule has 0 aromatic heterocycles. The molecule has 0 amide bonds. The Balaban J connectivity index is 2.12. The van der Waals surface area contributed by atoms with Crippen molar-refractivity contribution in [2.24, 2.45) is 10.9 Å². The maximum atomic E-state index is 12.7. The van der Waals surface area contributed by atoms with Gasteiger partial charge in [0.25, 0.3) is 0 Å². The van der Waals surface area contributed by atoms with Gasteiger partial charge in [-0.25, -0.2) is 4.99 Å². The molecule has 0 aliphatic heterocycles. The van der Waals surface area contributed by atoms with Gasteiger partial charge in [-0.15, -0.1) is 0 Å². The van der Waals surface area contributed by atoms with Gasteiger partial charge in [-0.1, -0.05) is 32.1 Å². The summed E-state index contributed by atoms with van der Waals surface area (Å²) in [7, 11) is 2.03. The molecule has 24 heavy (non-hydrogen) atoms. The summed E-state index contributed by atoms with van der Waals surface area (Å²) in [5.41, 5.74) is 3.95. The summed E-state index contributed by atoms with van der Waals surface area (Å²) in [6, 6.07) is 4.50. The zero-order valence-electron chi connectivity index (χ0n) is 15.9. The Kier molecular flexibility index (Phi) is 6.59. The molecule has 2 rings (SSSR count). The fourth-order valence-electron chi connectivity index (χ4n) is 3.29. The Morgan fingerprint density at radius 1 is 1.21 bits per heavy atom. The molecular weight excluding hydrogens is 296 g/mol. The number of aryl methyl sites for hydroxylation is 2. The summed E-state index contributed by atoms with van der Waals surface area (Å²) in [5, 5.41) is 0. The number of nitrogens with zero attached hydrogens (tertiary/aromatic N) is 2. The van der Waals surface area contributed by atoms with Crippen LogP contribution in [0.25, 0.3) is 0 Å². The second-order valence-electron chi connectivity index (χ2n) is 7.59. The van der Waals surface area contributed by atoms with Crippen LogP contribution in [0.15, 0.2) is 17.1 Å². The molecule has 1 fully saturated rings. The molecule has 1 aliphatic rings. The van der Waals surface area contributed by atoms with Crippen molar-refractivity contribution >= 4 is 17.8 Å². The van der Waals surface area contributed by atoms with E-state index in [-0.39, 0.29) is 0 Å². The van der Waals surface area contributed by atoms with Gasteiger partial charge >= 0.3 is 0 Å². The molecule has 0 bridgehead atoms. The van der Waals surface area contributed by atoms with E-state index in [9.17, 15) is 4.79 Å². The lowest BCUT2D eigenvalue weighted by Gasteiger charge is -2.21. The molecular formula is C21H32N2O. The van der Waals surface area contributed by atoms with Crippen LogP contribution in [0.1, 0.15) is 73.9 Å². The van der Waals surface area contributed by atoms with Crippen LogP contribution < -0.4 is 0 Å². The summed E-state index contributed by atoms with van der Waals surface area (Å²) >= 11 is 0. The smallest absolute Gasteiger partial charge is 0.163 e. The Labute approximate surface area is 147 Å². The predicted molar refractivity (Wildman–Crippen MR) is 102 cm³/mol. The molecule has 1 saturated carbocycles. The van der Waals surface area contributed by atoms with Crippen molar-refractivity contribution in [1.29, 1.82) is 0 Å². The van der Waals surface area contributed by atoms with E-state index >= 15 is 0 Å². The first-order valence-corrected chi connectivity index (χ1v) is 9.29. The third-order valence-corrected chi connectivity index (χ3v) is 5.24. The van der Waals surface area contributed by atoms with Crippen molar-refractivity contribution in [2.75, 3.05) is 7.05 Å². The summed E-state index contributed by atoms with van der Waals surface area (Å²) in [6.07, 6.45) is 8.91. The van der Waals surface area contributed by atoms with Gasteiger partial charge in [-0.05, 0) is 56.9 Å². The third-order valence-electron chi connectivity index (χ3n) is 5.24. The van der Waals surface area contributed by atoms with Crippen molar-refractivity contribution in [3.63, 3.8) is 0 Å². The van der Waals surface area contributed by atoms with E-state index < -0.39 is 0 Å². The first-order chi connectivity index (χ1) is 11.4. The summed E-state index contributed by atoms with van der Waals surface area (Å²) in [6.45, 7) is 8.34. The highest BCUT2D eigenvalue weighted by Gasteiger charge is 2.19. The van der Waals surface area contributed by atoms with Crippen molar-refractivity contribution in [3.05, 3.63) is 28.8 Å². The first-order valence-electron chi connectivity index (χ1n) is 9.29. The van der Waals surface area contributed by atoms with Gasteiger partial charge in [0.05, 0.1) is 12.0 Å². The highest BCUT2D eigenvalue weighted by molar-refractivity contribution is 5.98. The zero-order chi connectivity index (χ0) is 17.7. The van der Waals surface area contributed by atoms with Crippen LogP contribution in [-0.4, -0.2) is 30.1 Å². The monoisotopic (exact) mass is 328 g/mol. The number of Topliss-reactive ketones (excluding diaryl/α,β-unsaturated/α-hetero) is 1. The van der Waals surface area contributed by atoms with Crippen LogP contribution in [-0.2, 0) is 0 Å². The van der Waals surface area contributed by atoms with Crippen LogP contribution in [0.5, 0.6) is 0 Å². The van der Waals surface area contributed by atoms with E-state index in [4.69, 9.17) is 0 Å². The molecule has 0 radical (unpaired) electrons. The molecule has 0 spiro atoms. The molecule has 0 atom stereocenters. The molecule has 3 nitrogen and oxygen atoms in total. The van der Waals surface area contributed by atoms with Crippen LogP contribution in [0, 0.1) is 19.8 Å². The van der Waals surface area contributed by atoms with Gasteiger partial charge in [0.15, 0.2) is 5.78 Å². The lowest BCUT2D eigenvalue weighted by atomic mass is 9.84. The molecule has 1 aromatic carbocycles. The van der Waals surface area contributed by atoms with E-state index in [1.54, 1.807) is 0 Å². The van der Waals surface area contributed by atoms with Gasteiger partial charge in [0.1, 0.15) is 0 Å². The minimum atomic E-state index is 0.303. The fourth-order valence-corrected chi connectivity index (χ4v) is 3.29. The Morgan fingerprint density at radius 3 is 2.50 bits per heavy atom. The van der Waals surface area contributed by atoms with Crippen LogP contribution in [0.3, 0.4) is 0 Å². The lowest BCUT2D eigenvalue weighted by molar-refractivity contribution is 0.0949. The number of hydrogen-bond donors (Lipinski definition) is 0. The van der Waals surface area contributed by atoms with E-state index in [1.165, 1.54) is 32.1 Å². The average Bonchev–Trinajstić information content (AvgIpc) is 2.55. The predicted octanol–water partition coefficient (Wildman–Crippen LogP) is 5.46. The van der Waals surface area contributed by atoms with Crippen LogP contribution in [0.4, 0.5) is 5.69 Å². The Morgan fingerprint density at radius 2 is 1.88 bits per heavy atom. The SMILES string of the molecule is Cc1cc(C(=O)CC2CCCCC2)c(C)cc1N=CN(C)C(C)C. The van der Waals surface area contributed by atoms with Crippen molar-refractivity contribution in [1.82, 2.24) is 4.90 Å². The molecule has 1 aromatic rings. The topological polar surface area (TPSA) is 32.7 Å². The maximum absolute atomic E-state index is 12.7. The number of ketones is 1. The number of rotatable bonds is 6. The minimum Gasteiger partial charge on any atom is -0.363 e. The minimum absolute atomic E-state index is 0.303. The number of carbonyl (C=O) groups excluding carboxylic acids is 1. The molecule has 0 saturated heterocycles. The fraction of sp³-hybridized carbons (Fsp3) is 0.619. The number of benzene rings is 1. The molecule has 3 heteroatoms. The lowest BCUT2D eigenvalue weighted by Crippen LogP contribution is -2.24. The average molecular weight is 328 g/mol. The van der Waals surface area contributed by atoms with Crippen molar-refractivity contribution < 1.29 is 4.79 Å². The summed E-state index contributed by atoms with van der Waals surface area (Å²) in [5.74, 6) is 0.890. The maximum Gasteiger partial charge on any atom is 0.163 e. The van der Waals surface area contributed by atoms with Crippen molar-refractivity contribution in [3.8, 4) is 0 Å². The van der Waals surface area contributed by atoms with E-state index in [2.05, 4.69) is 23.7 Å². The van der Waals surface area contributed by atoms with Crippen LogP contribution in [0.2, 0.25) is 0 Å². The normalized spacial score (nSPS) is 16.1. The highest BCUT2D eigenvalue weighted by atomic mass is 16.1. The van der Waals surface area contributed by atoms with E-state index in [0.29, 0.717) is 24.2 Å². The first kappa shape index (κ1) is 18.7. The number of carbonyl (C=O) groups is 1. The van der Waals surface area contributed by atoms with Crippen LogP contribution >= 0.6 is 0 Å². The molecule has 132 valence electrons. The molecule has 0 heterocycles. The molecule has 0 unspecified atom stereocenters. The number of aliphatic imine (C=N–C) groups is 1. The highest BCUT2D eigenvalue weighted by Crippen LogP contribution is 2.29. The molecule has 1 aliphatic carbocycles. The van der Waals surface area contributed by atoms with E-state index in [0.717, 1.165) is 22.4 Å². The zero-order valence-corrected chi connectivity index (χ0v) is 15.9. The van der Waals surface area contributed by atoms with Gasteiger partial charge < -0.3 is 4.90 Å². The Hall–Kier alpha value is -1.64. The van der Waals surface area contributed by atoms with Crippen molar-refractivity contribution in [2.45, 2.75) is 72.3 Å². The van der Waals surface area contributed by atoms with Gasteiger partial charge in [0.2, 0.25) is 0 Å². The third kappa shape index (κ3) is 4.93. The standard InChI is InChI=1S/C21H32N2O/c1-15(2)23(5)14-22-20-12-16(3)19(11-17(20)4)21(24)13-18-9-7-6-8-10-18/h11-12,14-15,18H,6-10,13H2,1-5H3. The quantitative estimate of drug-likeness (QED) is 0.395. The second-order valence-corrected chi connectivity index (χ2v) is 7.59. The molecule has 0 N–H and O–H groups in total. The summed E-state index contributed by atoms with van der Waals surface area (Å²) in [4.78, 5) is 19.4. The van der Waals surface area contributed by atoms with Gasteiger partial charge in [-0.3, -0.25) is 4.79 Å². The van der Waals surface area contributed by atoms with E-state index in [1.807, 2.05) is 39.4 Å². The number of hydrogen-bond acceptors (Lipinski definition) is 2. The van der Waals surface area contributed by atoms with Gasteiger partial charge in [-0.2, -0.15) is 0 Å². The second kappa shape index (κ2) is 8.46.